The maximum atomic E-state index is 12.5. The van der Waals surface area contributed by atoms with E-state index in [1.54, 1.807) is 6.07 Å². The summed E-state index contributed by atoms with van der Waals surface area (Å²) in [5, 5.41) is 0.679. The van der Waals surface area contributed by atoms with Crippen molar-refractivity contribution in [3.8, 4) is 0 Å². The van der Waals surface area contributed by atoms with Crippen LogP contribution in [0, 0.1) is 0 Å². The van der Waals surface area contributed by atoms with Crippen molar-refractivity contribution >= 4 is 37.5 Å². The molecule has 0 unspecified atom stereocenters. The first-order chi connectivity index (χ1) is 8.37. The molecule has 0 saturated heterocycles. The van der Waals surface area contributed by atoms with Gasteiger partial charge in [0.2, 0.25) is 0 Å². The average molecular weight is 389 g/mol. The van der Waals surface area contributed by atoms with E-state index in [9.17, 15) is 13.2 Å². The molecule has 0 bridgehead atoms. The number of benzene rings is 1. The summed E-state index contributed by atoms with van der Waals surface area (Å²) in [5.74, 6) is 0. The van der Waals surface area contributed by atoms with Crippen molar-refractivity contribution in [2.24, 2.45) is 0 Å². The summed E-state index contributed by atoms with van der Waals surface area (Å²) in [6.45, 7) is 1.32. The number of halogens is 5. The molecule has 0 spiro atoms. The SMILES string of the molecule is CCCN(CC(F)(F)F)c1ccc(CBr)cc1Br. The second-order valence-corrected chi connectivity index (χ2v) is 5.37. The van der Waals surface area contributed by atoms with Crippen LogP contribution in [0.15, 0.2) is 22.7 Å². The molecule has 1 aromatic rings. The van der Waals surface area contributed by atoms with Crippen LogP contribution in [0.4, 0.5) is 18.9 Å². The third-order valence-corrected chi connectivity index (χ3v) is 3.65. The summed E-state index contributed by atoms with van der Waals surface area (Å²) in [7, 11) is 0. The van der Waals surface area contributed by atoms with Crippen LogP contribution in [0.2, 0.25) is 0 Å². The summed E-state index contributed by atoms with van der Waals surface area (Å²) in [4.78, 5) is 1.35. The van der Waals surface area contributed by atoms with Crippen molar-refractivity contribution in [2.45, 2.75) is 24.9 Å². The zero-order chi connectivity index (χ0) is 13.8. The minimum Gasteiger partial charge on any atom is -0.362 e. The monoisotopic (exact) mass is 387 g/mol. The fourth-order valence-electron chi connectivity index (χ4n) is 1.66. The number of nitrogens with zero attached hydrogens (tertiary/aromatic N) is 1. The lowest BCUT2D eigenvalue weighted by Gasteiger charge is -2.26. The molecule has 0 amide bonds. The fourth-order valence-corrected chi connectivity index (χ4v) is 2.69. The van der Waals surface area contributed by atoms with E-state index in [2.05, 4.69) is 31.9 Å². The van der Waals surface area contributed by atoms with Crippen molar-refractivity contribution < 1.29 is 13.2 Å². The molecular weight excluding hydrogens is 375 g/mol. The Morgan fingerprint density at radius 1 is 1.28 bits per heavy atom. The first kappa shape index (κ1) is 15.8. The second kappa shape index (κ2) is 6.80. The lowest BCUT2D eigenvalue weighted by Crippen LogP contribution is -2.35. The van der Waals surface area contributed by atoms with Gasteiger partial charge < -0.3 is 4.90 Å². The van der Waals surface area contributed by atoms with Gasteiger partial charge >= 0.3 is 6.18 Å². The van der Waals surface area contributed by atoms with E-state index in [1.165, 1.54) is 4.90 Å². The van der Waals surface area contributed by atoms with Crippen molar-refractivity contribution in [1.82, 2.24) is 0 Å². The van der Waals surface area contributed by atoms with Crippen LogP contribution in [0.5, 0.6) is 0 Å². The molecule has 0 aliphatic heterocycles. The Morgan fingerprint density at radius 3 is 2.39 bits per heavy atom. The van der Waals surface area contributed by atoms with E-state index < -0.39 is 12.7 Å². The third kappa shape index (κ3) is 4.80. The highest BCUT2D eigenvalue weighted by Gasteiger charge is 2.31. The van der Waals surface area contributed by atoms with Gasteiger partial charge in [0.05, 0.1) is 5.69 Å². The predicted octanol–water partition coefficient (Wildman–Crippen LogP) is 5.12. The summed E-state index contributed by atoms with van der Waals surface area (Å²) in [5.41, 5.74) is 1.60. The molecule has 0 fully saturated rings. The topological polar surface area (TPSA) is 3.24 Å². The van der Waals surface area contributed by atoms with Crippen LogP contribution in [0.1, 0.15) is 18.9 Å². The Balaban J connectivity index is 2.98. The highest BCUT2D eigenvalue weighted by Crippen LogP contribution is 2.30. The van der Waals surface area contributed by atoms with Gasteiger partial charge in [-0.15, -0.1) is 0 Å². The molecule has 0 heterocycles. The molecule has 0 saturated carbocycles. The van der Waals surface area contributed by atoms with Gasteiger partial charge in [0, 0.05) is 16.3 Å². The average Bonchev–Trinajstić information content (AvgIpc) is 2.26. The molecule has 0 radical (unpaired) electrons. The van der Waals surface area contributed by atoms with Crippen LogP contribution in [0.25, 0.3) is 0 Å². The molecule has 102 valence electrons. The van der Waals surface area contributed by atoms with Crippen molar-refractivity contribution in [2.75, 3.05) is 18.0 Å². The zero-order valence-corrected chi connectivity index (χ0v) is 13.1. The van der Waals surface area contributed by atoms with Gasteiger partial charge in [-0.3, -0.25) is 0 Å². The van der Waals surface area contributed by atoms with Crippen LogP contribution >= 0.6 is 31.9 Å². The van der Waals surface area contributed by atoms with Crippen LogP contribution < -0.4 is 4.90 Å². The summed E-state index contributed by atoms with van der Waals surface area (Å²) < 4.78 is 38.3. The molecule has 18 heavy (non-hydrogen) atoms. The van der Waals surface area contributed by atoms with Gasteiger partial charge in [0.1, 0.15) is 6.54 Å². The number of alkyl halides is 4. The van der Waals surface area contributed by atoms with Crippen molar-refractivity contribution in [3.05, 3.63) is 28.2 Å². The first-order valence-corrected chi connectivity index (χ1v) is 7.45. The quantitative estimate of drug-likeness (QED) is 0.632. The molecule has 1 nitrogen and oxygen atoms in total. The molecule has 1 aromatic carbocycles. The Hall–Kier alpha value is -0.230. The molecule has 6 heteroatoms. The smallest absolute Gasteiger partial charge is 0.362 e. The number of rotatable bonds is 5. The van der Waals surface area contributed by atoms with Gasteiger partial charge in [0.25, 0.3) is 0 Å². The Bertz CT molecular complexity index is 393. The van der Waals surface area contributed by atoms with Crippen molar-refractivity contribution in [1.29, 1.82) is 0 Å². The molecular formula is C12H14Br2F3N. The Morgan fingerprint density at radius 2 is 1.94 bits per heavy atom. The lowest BCUT2D eigenvalue weighted by atomic mass is 10.2. The minimum atomic E-state index is -4.19. The maximum Gasteiger partial charge on any atom is 0.405 e. The van der Waals surface area contributed by atoms with Gasteiger partial charge in [-0.25, -0.2) is 0 Å². The highest BCUT2D eigenvalue weighted by atomic mass is 79.9. The Kier molecular flexibility index (Phi) is 5.98. The predicted molar refractivity (Wildman–Crippen MR) is 75.3 cm³/mol. The van der Waals surface area contributed by atoms with E-state index in [4.69, 9.17) is 0 Å². The third-order valence-electron chi connectivity index (χ3n) is 2.37. The molecule has 0 aliphatic rings. The first-order valence-electron chi connectivity index (χ1n) is 5.53. The highest BCUT2D eigenvalue weighted by molar-refractivity contribution is 9.10. The van der Waals surface area contributed by atoms with Gasteiger partial charge in [-0.2, -0.15) is 13.2 Å². The van der Waals surface area contributed by atoms with Crippen LogP contribution in [-0.4, -0.2) is 19.3 Å². The fraction of sp³-hybridized carbons (Fsp3) is 0.500. The normalized spacial score (nSPS) is 11.7. The maximum absolute atomic E-state index is 12.5. The zero-order valence-electron chi connectivity index (χ0n) is 9.90. The van der Waals surface area contributed by atoms with E-state index in [0.717, 1.165) is 5.56 Å². The van der Waals surface area contributed by atoms with E-state index in [-0.39, 0.29) is 0 Å². The molecule has 0 N–H and O–H groups in total. The van der Waals surface area contributed by atoms with Gasteiger partial charge in [-0.1, -0.05) is 28.9 Å². The van der Waals surface area contributed by atoms with Crippen LogP contribution in [0.3, 0.4) is 0 Å². The Labute approximate surface area is 122 Å². The molecule has 0 aliphatic carbocycles. The summed E-state index contributed by atoms with van der Waals surface area (Å²) in [6, 6.07) is 5.39. The summed E-state index contributed by atoms with van der Waals surface area (Å²) >= 11 is 6.65. The summed E-state index contributed by atoms with van der Waals surface area (Å²) in [6.07, 6.45) is -3.52. The molecule has 0 aromatic heterocycles. The minimum absolute atomic E-state index is 0.381. The van der Waals surface area contributed by atoms with Crippen molar-refractivity contribution in [3.63, 3.8) is 0 Å². The lowest BCUT2D eigenvalue weighted by molar-refractivity contribution is -0.119. The van der Waals surface area contributed by atoms with Gasteiger partial charge in [-0.05, 0) is 40.0 Å². The van der Waals surface area contributed by atoms with E-state index in [0.29, 0.717) is 28.5 Å². The second-order valence-electron chi connectivity index (χ2n) is 3.96. The number of hydrogen-bond acceptors (Lipinski definition) is 1. The standard InChI is InChI=1S/C12H14Br2F3N/c1-2-5-18(8-12(15,16)17)11-4-3-9(7-13)6-10(11)14/h3-4,6H,2,5,7-8H2,1H3. The van der Waals surface area contributed by atoms with E-state index >= 15 is 0 Å². The number of anilines is 1. The molecule has 1 rings (SSSR count). The van der Waals surface area contributed by atoms with E-state index in [1.807, 2.05) is 19.1 Å². The molecule has 0 atom stereocenters. The number of hydrogen-bond donors (Lipinski definition) is 0. The largest absolute Gasteiger partial charge is 0.405 e. The van der Waals surface area contributed by atoms with Crippen LogP contribution in [-0.2, 0) is 5.33 Å². The van der Waals surface area contributed by atoms with Gasteiger partial charge in [0.15, 0.2) is 0 Å².